The molecule has 0 radical (unpaired) electrons. The van der Waals surface area contributed by atoms with Gasteiger partial charge in [-0.25, -0.2) is 4.98 Å². The number of fused-ring (bicyclic) bond motifs is 1. The second-order valence-electron chi connectivity index (χ2n) is 7.56. The lowest BCUT2D eigenvalue weighted by atomic mass is 10.1. The number of rotatable bonds is 4. The average molecular weight is 525 g/mol. The van der Waals surface area contributed by atoms with Crippen LogP contribution in [-0.4, -0.2) is 22.0 Å². The van der Waals surface area contributed by atoms with Gasteiger partial charge in [-0.3, -0.25) is 4.79 Å². The molecule has 0 spiro atoms. The van der Waals surface area contributed by atoms with Crippen LogP contribution in [0.5, 0.6) is 0 Å². The van der Waals surface area contributed by atoms with Crippen molar-refractivity contribution in [2.45, 2.75) is 18.9 Å². The molecular formula is C24H19Br2N3O. The molecule has 4 nitrogen and oxygen atoms in total. The lowest BCUT2D eigenvalue weighted by molar-refractivity contribution is -0.117. The number of aromatic nitrogens is 2. The summed E-state index contributed by atoms with van der Waals surface area (Å²) in [5, 5.41) is 0. The third-order valence-corrected chi connectivity index (χ3v) is 6.57. The van der Waals surface area contributed by atoms with E-state index in [0.717, 1.165) is 38.0 Å². The minimum Gasteiger partial charge on any atom is -0.323 e. The molecule has 1 saturated heterocycles. The Morgan fingerprint density at radius 1 is 0.933 bits per heavy atom. The number of hydrogen-bond donors (Lipinski definition) is 0. The van der Waals surface area contributed by atoms with E-state index in [4.69, 9.17) is 4.98 Å². The first kappa shape index (κ1) is 19.5. The van der Waals surface area contributed by atoms with Crippen molar-refractivity contribution in [3.8, 4) is 0 Å². The largest absolute Gasteiger partial charge is 0.323 e. The fourth-order valence-corrected chi connectivity index (χ4v) is 4.77. The summed E-state index contributed by atoms with van der Waals surface area (Å²) in [6.07, 6.45) is 0.468. The molecule has 30 heavy (non-hydrogen) atoms. The fourth-order valence-electron chi connectivity index (χ4n) is 4.12. The lowest BCUT2D eigenvalue weighted by Crippen LogP contribution is -2.24. The van der Waals surface area contributed by atoms with E-state index in [0.29, 0.717) is 13.0 Å². The summed E-state index contributed by atoms with van der Waals surface area (Å²) in [6, 6.07) is 24.5. The summed E-state index contributed by atoms with van der Waals surface area (Å²) in [7, 11) is 0. The van der Waals surface area contributed by atoms with Gasteiger partial charge >= 0.3 is 0 Å². The van der Waals surface area contributed by atoms with E-state index in [1.54, 1.807) is 0 Å². The average Bonchev–Trinajstić information content (AvgIpc) is 3.30. The molecule has 0 bridgehead atoms. The molecule has 5 rings (SSSR count). The predicted octanol–water partition coefficient (Wildman–Crippen LogP) is 6.13. The highest BCUT2D eigenvalue weighted by Gasteiger charge is 2.34. The van der Waals surface area contributed by atoms with E-state index in [9.17, 15) is 4.79 Å². The number of imidazole rings is 1. The maximum atomic E-state index is 12.9. The summed E-state index contributed by atoms with van der Waals surface area (Å²) < 4.78 is 4.30. The molecule has 4 aromatic rings. The first-order valence-corrected chi connectivity index (χ1v) is 11.4. The minimum absolute atomic E-state index is 0.0549. The van der Waals surface area contributed by atoms with Crippen LogP contribution in [0.1, 0.15) is 23.7 Å². The second-order valence-corrected chi connectivity index (χ2v) is 9.39. The summed E-state index contributed by atoms with van der Waals surface area (Å²) in [5.74, 6) is 1.17. The number of para-hydroxylation sites is 2. The van der Waals surface area contributed by atoms with Crippen molar-refractivity contribution in [2.24, 2.45) is 0 Å². The molecule has 1 fully saturated rings. The zero-order chi connectivity index (χ0) is 20.7. The Morgan fingerprint density at radius 2 is 1.73 bits per heavy atom. The SMILES string of the molecule is O=C1CC(c2nc3ccccc3n2Cc2ccc(Br)cc2)CN1c1cccc(Br)c1. The van der Waals surface area contributed by atoms with Crippen LogP contribution in [0, 0.1) is 0 Å². The zero-order valence-electron chi connectivity index (χ0n) is 16.1. The molecule has 0 N–H and O–H groups in total. The lowest BCUT2D eigenvalue weighted by Gasteiger charge is -2.18. The van der Waals surface area contributed by atoms with Crippen LogP contribution in [0.4, 0.5) is 5.69 Å². The Hall–Kier alpha value is -2.44. The van der Waals surface area contributed by atoms with Gasteiger partial charge in [0, 0.05) is 40.1 Å². The normalized spacial score (nSPS) is 16.5. The van der Waals surface area contributed by atoms with Gasteiger partial charge in [0.05, 0.1) is 11.0 Å². The quantitative estimate of drug-likeness (QED) is 0.322. The Balaban J connectivity index is 1.52. The number of nitrogens with zero attached hydrogens (tertiary/aromatic N) is 3. The van der Waals surface area contributed by atoms with Gasteiger partial charge in [0.2, 0.25) is 5.91 Å². The van der Waals surface area contributed by atoms with Gasteiger partial charge in [0.15, 0.2) is 0 Å². The third kappa shape index (κ3) is 3.70. The summed E-state index contributed by atoms with van der Waals surface area (Å²) in [6.45, 7) is 1.36. The highest BCUT2D eigenvalue weighted by atomic mass is 79.9. The summed E-state index contributed by atoms with van der Waals surface area (Å²) in [5.41, 5.74) is 4.20. The predicted molar refractivity (Wildman–Crippen MR) is 127 cm³/mol. The Labute approximate surface area is 191 Å². The molecule has 1 aliphatic heterocycles. The van der Waals surface area contributed by atoms with Crippen molar-refractivity contribution in [1.82, 2.24) is 9.55 Å². The summed E-state index contributed by atoms with van der Waals surface area (Å²) in [4.78, 5) is 19.7. The molecule has 0 aliphatic carbocycles. The molecule has 1 aliphatic rings. The maximum absolute atomic E-state index is 12.9. The highest BCUT2D eigenvalue weighted by Crippen LogP contribution is 2.34. The highest BCUT2D eigenvalue weighted by molar-refractivity contribution is 9.10. The Kier molecular flexibility index (Phi) is 5.21. The van der Waals surface area contributed by atoms with Gasteiger partial charge in [-0.15, -0.1) is 0 Å². The molecule has 1 aromatic heterocycles. The van der Waals surface area contributed by atoms with Crippen molar-refractivity contribution < 1.29 is 4.79 Å². The number of carbonyl (C=O) groups is 1. The molecule has 2 heterocycles. The Bertz CT molecular complexity index is 1230. The molecule has 0 saturated carbocycles. The second kappa shape index (κ2) is 8.00. The molecule has 1 unspecified atom stereocenters. The van der Waals surface area contributed by atoms with E-state index in [1.165, 1.54) is 5.56 Å². The molecule has 1 atom stereocenters. The number of halogens is 2. The van der Waals surface area contributed by atoms with E-state index >= 15 is 0 Å². The first-order valence-electron chi connectivity index (χ1n) is 9.84. The van der Waals surface area contributed by atoms with E-state index in [2.05, 4.69) is 66.8 Å². The van der Waals surface area contributed by atoms with Crippen LogP contribution in [0.15, 0.2) is 81.7 Å². The smallest absolute Gasteiger partial charge is 0.227 e. The van der Waals surface area contributed by atoms with E-state index in [-0.39, 0.29) is 11.8 Å². The fraction of sp³-hybridized carbons (Fsp3) is 0.167. The molecular weight excluding hydrogens is 506 g/mol. The minimum atomic E-state index is 0.0549. The molecule has 1 amide bonds. The monoisotopic (exact) mass is 523 g/mol. The van der Waals surface area contributed by atoms with Gasteiger partial charge in [-0.05, 0) is 48.0 Å². The molecule has 6 heteroatoms. The van der Waals surface area contributed by atoms with Gasteiger partial charge in [0.25, 0.3) is 0 Å². The number of amides is 1. The number of anilines is 1. The van der Waals surface area contributed by atoms with E-state index in [1.807, 2.05) is 47.4 Å². The van der Waals surface area contributed by atoms with Gasteiger partial charge in [-0.2, -0.15) is 0 Å². The van der Waals surface area contributed by atoms with Crippen molar-refractivity contribution in [3.05, 3.63) is 93.1 Å². The van der Waals surface area contributed by atoms with Crippen LogP contribution < -0.4 is 4.90 Å². The maximum Gasteiger partial charge on any atom is 0.227 e. The summed E-state index contributed by atoms with van der Waals surface area (Å²) >= 11 is 7.01. The van der Waals surface area contributed by atoms with Crippen molar-refractivity contribution >= 4 is 54.5 Å². The van der Waals surface area contributed by atoms with Crippen molar-refractivity contribution in [3.63, 3.8) is 0 Å². The topological polar surface area (TPSA) is 38.1 Å². The number of benzene rings is 3. The van der Waals surface area contributed by atoms with Crippen molar-refractivity contribution in [2.75, 3.05) is 11.4 Å². The Morgan fingerprint density at radius 3 is 2.53 bits per heavy atom. The van der Waals surface area contributed by atoms with Gasteiger partial charge in [-0.1, -0.05) is 62.2 Å². The van der Waals surface area contributed by atoms with Crippen LogP contribution in [0.25, 0.3) is 11.0 Å². The molecule has 3 aromatic carbocycles. The van der Waals surface area contributed by atoms with Gasteiger partial charge in [0.1, 0.15) is 5.82 Å². The van der Waals surface area contributed by atoms with Crippen molar-refractivity contribution in [1.29, 1.82) is 0 Å². The van der Waals surface area contributed by atoms with Crippen LogP contribution in [0.3, 0.4) is 0 Å². The van der Waals surface area contributed by atoms with Crippen LogP contribution in [0.2, 0.25) is 0 Å². The molecule has 150 valence electrons. The van der Waals surface area contributed by atoms with E-state index < -0.39 is 0 Å². The third-order valence-electron chi connectivity index (χ3n) is 5.55. The standard InChI is InChI=1S/C24H19Br2N3O/c25-18-10-8-16(9-11-18)14-29-22-7-2-1-6-21(22)27-24(29)17-12-23(30)28(15-17)20-5-3-4-19(26)13-20/h1-11,13,17H,12,14-15H2. The van der Waals surface area contributed by atoms with Gasteiger partial charge < -0.3 is 9.47 Å². The first-order chi connectivity index (χ1) is 14.6. The number of carbonyl (C=O) groups excluding carboxylic acids is 1. The zero-order valence-corrected chi connectivity index (χ0v) is 19.3. The number of hydrogen-bond acceptors (Lipinski definition) is 2. The van der Waals surface area contributed by atoms with Crippen LogP contribution in [-0.2, 0) is 11.3 Å². The van der Waals surface area contributed by atoms with Crippen LogP contribution >= 0.6 is 31.9 Å².